The molecule has 22 heavy (non-hydrogen) atoms. The topological polar surface area (TPSA) is 49.6 Å². The standard InChI is InChI=1S/C18H15N3S/c1-12(2)15-7-8-20-10-16(15)18-21-17(11-22-18)14-5-3-13(9-19)4-6-14/h3-8,10-12H,1-2H3. The van der Waals surface area contributed by atoms with Crippen LogP contribution in [0.1, 0.15) is 30.9 Å². The molecule has 0 aliphatic rings. The number of hydrogen-bond donors (Lipinski definition) is 0. The van der Waals surface area contributed by atoms with Crippen LogP contribution < -0.4 is 0 Å². The van der Waals surface area contributed by atoms with E-state index < -0.39 is 0 Å². The molecule has 0 spiro atoms. The zero-order valence-electron chi connectivity index (χ0n) is 12.4. The highest BCUT2D eigenvalue weighted by Crippen LogP contribution is 2.33. The Balaban J connectivity index is 1.99. The van der Waals surface area contributed by atoms with Crippen LogP contribution in [0.4, 0.5) is 0 Å². The maximum absolute atomic E-state index is 8.86. The molecule has 2 heterocycles. The van der Waals surface area contributed by atoms with Gasteiger partial charge in [0.05, 0.1) is 17.3 Å². The van der Waals surface area contributed by atoms with E-state index in [0.29, 0.717) is 11.5 Å². The summed E-state index contributed by atoms with van der Waals surface area (Å²) in [5.41, 5.74) is 4.98. The van der Waals surface area contributed by atoms with E-state index in [1.165, 1.54) is 5.56 Å². The maximum atomic E-state index is 8.86. The second-order valence-electron chi connectivity index (χ2n) is 5.34. The molecule has 0 saturated heterocycles. The molecule has 0 unspecified atom stereocenters. The van der Waals surface area contributed by atoms with Gasteiger partial charge >= 0.3 is 0 Å². The Kier molecular flexibility index (Phi) is 3.99. The first-order chi connectivity index (χ1) is 10.7. The van der Waals surface area contributed by atoms with Crippen molar-refractivity contribution in [2.75, 3.05) is 0 Å². The molecule has 0 aliphatic carbocycles. The van der Waals surface area contributed by atoms with Crippen LogP contribution in [0.15, 0.2) is 48.1 Å². The first-order valence-electron chi connectivity index (χ1n) is 7.09. The number of hydrogen-bond acceptors (Lipinski definition) is 4. The molecule has 1 aromatic carbocycles. The van der Waals surface area contributed by atoms with Crippen LogP contribution in [0, 0.1) is 11.3 Å². The van der Waals surface area contributed by atoms with Gasteiger partial charge in [-0.2, -0.15) is 5.26 Å². The third-order valence-electron chi connectivity index (χ3n) is 3.52. The molecule has 0 atom stereocenters. The van der Waals surface area contributed by atoms with Gasteiger partial charge in [0.2, 0.25) is 0 Å². The average Bonchev–Trinajstić information content (AvgIpc) is 3.04. The smallest absolute Gasteiger partial charge is 0.125 e. The summed E-state index contributed by atoms with van der Waals surface area (Å²) in [4.78, 5) is 8.98. The van der Waals surface area contributed by atoms with E-state index in [1.807, 2.05) is 42.0 Å². The van der Waals surface area contributed by atoms with Gasteiger partial charge in [0.15, 0.2) is 0 Å². The summed E-state index contributed by atoms with van der Waals surface area (Å²) in [6.07, 6.45) is 3.71. The second kappa shape index (κ2) is 6.08. The highest BCUT2D eigenvalue weighted by atomic mass is 32.1. The van der Waals surface area contributed by atoms with Crippen molar-refractivity contribution in [1.82, 2.24) is 9.97 Å². The fourth-order valence-corrected chi connectivity index (χ4v) is 3.19. The Morgan fingerprint density at radius 3 is 2.59 bits per heavy atom. The summed E-state index contributed by atoms with van der Waals surface area (Å²) in [6, 6.07) is 11.7. The zero-order valence-corrected chi connectivity index (χ0v) is 13.3. The van der Waals surface area contributed by atoms with Gasteiger partial charge in [-0.05, 0) is 29.7 Å². The summed E-state index contributed by atoms with van der Waals surface area (Å²) in [5.74, 6) is 0.431. The van der Waals surface area contributed by atoms with E-state index in [9.17, 15) is 0 Å². The zero-order chi connectivity index (χ0) is 15.5. The summed E-state index contributed by atoms with van der Waals surface area (Å²) >= 11 is 1.62. The third-order valence-corrected chi connectivity index (χ3v) is 4.40. The fourth-order valence-electron chi connectivity index (χ4n) is 2.33. The van der Waals surface area contributed by atoms with Gasteiger partial charge in [-0.25, -0.2) is 4.98 Å². The highest BCUT2D eigenvalue weighted by molar-refractivity contribution is 7.13. The van der Waals surface area contributed by atoms with Crippen molar-refractivity contribution >= 4 is 11.3 Å². The van der Waals surface area contributed by atoms with Crippen molar-refractivity contribution in [1.29, 1.82) is 5.26 Å². The van der Waals surface area contributed by atoms with Crippen LogP contribution >= 0.6 is 11.3 Å². The van der Waals surface area contributed by atoms with Gasteiger partial charge in [-0.1, -0.05) is 26.0 Å². The number of pyridine rings is 1. The molecule has 0 aliphatic heterocycles. The Morgan fingerprint density at radius 2 is 1.91 bits per heavy atom. The lowest BCUT2D eigenvalue weighted by Gasteiger charge is -2.09. The Morgan fingerprint density at radius 1 is 1.14 bits per heavy atom. The largest absolute Gasteiger partial charge is 0.264 e. The van der Waals surface area contributed by atoms with Crippen molar-refractivity contribution in [3.05, 3.63) is 59.2 Å². The van der Waals surface area contributed by atoms with E-state index >= 15 is 0 Å². The van der Waals surface area contributed by atoms with Crippen LogP contribution in [-0.2, 0) is 0 Å². The second-order valence-corrected chi connectivity index (χ2v) is 6.20. The molecule has 2 aromatic heterocycles. The number of rotatable bonds is 3. The van der Waals surface area contributed by atoms with Crippen molar-refractivity contribution in [3.8, 4) is 27.9 Å². The number of nitriles is 1. The van der Waals surface area contributed by atoms with E-state index in [4.69, 9.17) is 10.2 Å². The minimum absolute atomic E-state index is 0.431. The minimum Gasteiger partial charge on any atom is -0.264 e. The number of benzene rings is 1. The van der Waals surface area contributed by atoms with Crippen LogP contribution in [-0.4, -0.2) is 9.97 Å². The molecule has 0 saturated carbocycles. The maximum Gasteiger partial charge on any atom is 0.125 e. The SMILES string of the molecule is CC(C)c1ccncc1-c1nc(-c2ccc(C#N)cc2)cs1. The van der Waals surface area contributed by atoms with Crippen LogP contribution in [0.25, 0.3) is 21.8 Å². The van der Waals surface area contributed by atoms with Crippen LogP contribution in [0.2, 0.25) is 0 Å². The van der Waals surface area contributed by atoms with E-state index in [-0.39, 0.29) is 0 Å². The van der Waals surface area contributed by atoms with Crippen molar-refractivity contribution in [2.45, 2.75) is 19.8 Å². The molecule has 0 radical (unpaired) electrons. The molecule has 3 aromatic rings. The van der Waals surface area contributed by atoms with E-state index in [2.05, 4.69) is 31.0 Å². The van der Waals surface area contributed by atoms with Crippen molar-refractivity contribution < 1.29 is 0 Å². The number of aromatic nitrogens is 2. The predicted molar refractivity (Wildman–Crippen MR) is 89.6 cm³/mol. The first kappa shape index (κ1) is 14.4. The van der Waals surface area contributed by atoms with Crippen LogP contribution in [0.5, 0.6) is 0 Å². The normalized spacial score (nSPS) is 10.6. The Hall–Kier alpha value is -2.51. The Bertz CT molecular complexity index is 826. The summed E-state index contributed by atoms with van der Waals surface area (Å²) in [7, 11) is 0. The minimum atomic E-state index is 0.431. The molecule has 0 amide bonds. The molecule has 108 valence electrons. The quantitative estimate of drug-likeness (QED) is 0.693. The van der Waals surface area contributed by atoms with Gasteiger partial charge in [-0.15, -0.1) is 11.3 Å². The van der Waals surface area contributed by atoms with Gasteiger partial charge in [0, 0.05) is 28.9 Å². The van der Waals surface area contributed by atoms with Crippen molar-refractivity contribution in [3.63, 3.8) is 0 Å². The molecular formula is C18H15N3S. The van der Waals surface area contributed by atoms with Gasteiger partial charge in [0.25, 0.3) is 0 Å². The number of thiazole rings is 1. The summed E-state index contributed by atoms with van der Waals surface area (Å²) < 4.78 is 0. The molecule has 4 heteroatoms. The number of nitrogens with zero attached hydrogens (tertiary/aromatic N) is 3. The highest BCUT2D eigenvalue weighted by Gasteiger charge is 2.12. The fraction of sp³-hybridized carbons (Fsp3) is 0.167. The Labute approximate surface area is 133 Å². The lowest BCUT2D eigenvalue weighted by Crippen LogP contribution is -1.93. The predicted octanol–water partition coefficient (Wildman–Crippen LogP) is 4.87. The monoisotopic (exact) mass is 305 g/mol. The molecule has 3 rings (SSSR count). The van der Waals surface area contributed by atoms with Crippen molar-refractivity contribution in [2.24, 2.45) is 0 Å². The van der Waals surface area contributed by atoms with Gasteiger partial charge in [-0.3, -0.25) is 4.98 Å². The summed E-state index contributed by atoms with van der Waals surface area (Å²) in [6.45, 7) is 4.35. The van der Waals surface area contributed by atoms with Gasteiger partial charge in [0.1, 0.15) is 5.01 Å². The van der Waals surface area contributed by atoms with E-state index in [0.717, 1.165) is 21.8 Å². The summed E-state index contributed by atoms with van der Waals surface area (Å²) in [5, 5.41) is 11.9. The average molecular weight is 305 g/mol. The molecule has 0 bridgehead atoms. The lowest BCUT2D eigenvalue weighted by atomic mass is 10.00. The van der Waals surface area contributed by atoms with E-state index in [1.54, 1.807) is 11.3 Å². The molecule has 3 nitrogen and oxygen atoms in total. The van der Waals surface area contributed by atoms with Gasteiger partial charge < -0.3 is 0 Å². The third kappa shape index (κ3) is 2.76. The molecule has 0 fully saturated rings. The first-order valence-corrected chi connectivity index (χ1v) is 7.97. The molecule has 0 N–H and O–H groups in total. The molecular weight excluding hydrogens is 290 g/mol. The lowest BCUT2D eigenvalue weighted by molar-refractivity contribution is 0.865. The van der Waals surface area contributed by atoms with Crippen LogP contribution in [0.3, 0.4) is 0 Å².